The van der Waals surface area contributed by atoms with Gasteiger partial charge in [0, 0.05) is 19.2 Å². The Morgan fingerprint density at radius 2 is 2.47 bits per heavy atom. The molecule has 0 saturated carbocycles. The monoisotopic (exact) mass is 346 g/mol. The first-order valence-electron chi connectivity index (χ1n) is 6.43. The lowest BCUT2D eigenvalue weighted by atomic mass is 9.98. The van der Waals surface area contributed by atoms with Crippen molar-refractivity contribution in [3.05, 3.63) is 14.7 Å². The number of piperidine rings is 1. The van der Waals surface area contributed by atoms with Gasteiger partial charge in [-0.1, -0.05) is 0 Å². The fourth-order valence-electron chi connectivity index (χ4n) is 2.46. The van der Waals surface area contributed by atoms with E-state index in [1.807, 2.05) is 18.0 Å². The average molecular weight is 347 g/mol. The van der Waals surface area contributed by atoms with Gasteiger partial charge >= 0.3 is 0 Å². The Bertz CT molecular complexity index is 448. The van der Waals surface area contributed by atoms with E-state index in [1.165, 1.54) is 17.8 Å². The first-order valence-corrected chi connectivity index (χ1v) is 8.03. The van der Waals surface area contributed by atoms with E-state index < -0.39 is 0 Å². The van der Waals surface area contributed by atoms with E-state index in [-0.39, 0.29) is 5.91 Å². The largest absolute Gasteiger partial charge is 0.495 e. The molecular weight excluding hydrogens is 328 g/mol. The Kier molecular flexibility index (Phi) is 5.24. The van der Waals surface area contributed by atoms with Gasteiger partial charge in [-0.3, -0.25) is 4.79 Å². The van der Waals surface area contributed by atoms with Crippen LogP contribution in [0.25, 0.3) is 0 Å². The molecule has 1 fully saturated rings. The average Bonchev–Trinajstić information content (AvgIpc) is 2.80. The zero-order valence-electron chi connectivity index (χ0n) is 11.2. The number of hydrogen-bond donors (Lipinski definition) is 1. The molecule has 2 heterocycles. The van der Waals surface area contributed by atoms with Gasteiger partial charge in [0.1, 0.15) is 9.54 Å². The molecule has 1 saturated heterocycles. The highest BCUT2D eigenvalue weighted by Gasteiger charge is 2.25. The van der Waals surface area contributed by atoms with Crippen LogP contribution in [0.2, 0.25) is 0 Å². The van der Waals surface area contributed by atoms with E-state index in [2.05, 4.69) is 21.2 Å². The van der Waals surface area contributed by atoms with Gasteiger partial charge in [-0.25, -0.2) is 0 Å². The zero-order valence-corrected chi connectivity index (χ0v) is 13.6. The summed E-state index contributed by atoms with van der Waals surface area (Å²) in [6.45, 7) is 2.68. The van der Waals surface area contributed by atoms with Crippen molar-refractivity contribution < 1.29 is 9.53 Å². The number of thiophene rings is 1. The second kappa shape index (κ2) is 6.72. The molecule has 4 nitrogen and oxygen atoms in total. The van der Waals surface area contributed by atoms with E-state index >= 15 is 0 Å². The number of nitrogens with zero attached hydrogens (tertiary/aromatic N) is 1. The summed E-state index contributed by atoms with van der Waals surface area (Å²) < 4.78 is 6.08. The van der Waals surface area contributed by atoms with Crippen LogP contribution in [0, 0.1) is 5.92 Å². The highest BCUT2D eigenvalue weighted by atomic mass is 79.9. The van der Waals surface area contributed by atoms with Crippen molar-refractivity contribution in [2.24, 2.45) is 5.92 Å². The van der Waals surface area contributed by atoms with Crippen molar-refractivity contribution in [3.63, 3.8) is 0 Å². The zero-order chi connectivity index (χ0) is 13.8. The van der Waals surface area contributed by atoms with E-state index in [0.29, 0.717) is 5.92 Å². The number of carbonyl (C=O) groups excluding carboxylic acids is 1. The van der Waals surface area contributed by atoms with Crippen LogP contribution in [0.15, 0.2) is 9.85 Å². The van der Waals surface area contributed by atoms with Crippen molar-refractivity contribution in [2.75, 3.05) is 33.8 Å². The molecule has 1 unspecified atom stereocenters. The highest BCUT2D eigenvalue weighted by Crippen LogP contribution is 2.35. The second-order valence-electron chi connectivity index (χ2n) is 4.77. The van der Waals surface area contributed by atoms with Crippen LogP contribution < -0.4 is 10.1 Å². The van der Waals surface area contributed by atoms with Crippen LogP contribution in [0.4, 0.5) is 0 Å². The Morgan fingerprint density at radius 3 is 3.11 bits per heavy atom. The smallest absolute Gasteiger partial charge is 0.264 e. The van der Waals surface area contributed by atoms with Gasteiger partial charge in [0.05, 0.1) is 12.0 Å². The maximum atomic E-state index is 12.5. The van der Waals surface area contributed by atoms with Gasteiger partial charge in [0.2, 0.25) is 0 Å². The predicted octanol–water partition coefficient (Wildman–Crippen LogP) is 2.59. The molecule has 0 spiro atoms. The Balaban J connectivity index is 2.05. The first-order chi connectivity index (χ1) is 9.15. The molecule has 0 aromatic carbocycles. The Hall–Kier alpha value is -0.590. The molecular formula is C13H19BrN2O2S. The van der Waals surface area contributed by atoms with Gasteiger partial charge in [-0.2, -0.15) is 0 Å². The lowest BCUT2D eigenvalue weighted by Gasteiger charge is -2.32. The standard InChI is InChI=1S/C13H19BrN2O2S/c1-15-7-9-4-3-5-16(8-9)13(17)11-6-10(18-2)12(14)19-11/h6,9,15H,3-5,7-8H2,1-2H3. The lowest BCUT2D eigenvalue weighted by molar-refractivity contribution is 0.0679. The predicted molar refractivity (Wildman–Crippen MR) is 81.1 cm³/mol. The number of rotatable bonds is 4. The van der Waals surface area contributed by atoms with Gasteiger partial charge in [-0.15, -0.1) is 11.3 Å². The number of hydrogen-bond acceptors (Lipinski definition) is 4. The summed E-state index contributed by atoms with van der Waals surface area (Å²) >= 11 is 4.86. The molecule has 0 radical (unpaired) electrons. The molecule has 1 aliphatic heterocycles. The molecule has 1 N–H and O–H groups in total. The van der Waals surface area contributed by atoms with Crippen molar-refractivity contribution >= 4 is 33.2 Å². The molecule has 2 rings (SSSR count). The molecule has 1 aromatic rings. The van der Waals surface area contributed by atoms with Crippen molar-refractivity contribution in [3.8, 4) is 5.75 Å². The molecule has 19 heavy (non-hydrogen) atoms. The van der Waals surface area contributed by atoms with Crippen molar-refractivity contribution in [1.82, 2.24) is 10.2 Å². The van der Waals surface area contributed by atoms with Crippen LogP contribution in [-0.4, -0.2) is 44.6 Å². The fourth-order valence-corrected chi connectivity index (χ4v) is 4.08. The highest BCUT2D eigenvalue weighted by molar-refractivity contribution is 9.11. The molecule has 6 heteroatoms. The van der Waals surface area contributed by atoms with Crippen molar-refractivity contribution in [1.29, 1.82) is 0 Å². The number of amides is 1. The van der Waals surface area contributed by atoms with E-state index in [1.54, 1.807) is 7.11 Å². The van der Waals surface area contributed by atoms with Gasteiger partial charge in [-0.05, 0) is 48.3 Å². The third kappa shape index (κ3) is 3.49. The Labute approximate surface area is 126 Å². The summed E-state index contributed by atoms with van der Waals surface area (Å²) in [5.41, 5.74) is 0. The second-order valence-corrected chi connectivity index (χ2v) is 7.14. The molecule has 1 atom stereocenters. The third-order valence-electron chi connectivity index (χ3n) is 3.39. The van der Waals surface area contributed by atoms with E-state index in [0.717, 1.165) is 40.5 Å². The van der Waals surface area contributed by atoms with E-state index in [4.69, 9.17) is 4.74 Å². The SMILES string of the molecule is CNCC1CCCN(C(=O)c2cc(OC)c(Br)s2)C1. The number of carbonyl (C=O) groups is 1. The van der Waals surface area contributed by atoms with Crippen LogP contribution in [0.3, 0.4) is 0 Å². The molecule has 1 amide bonds. The summed E-state index contributed by atoms with van der Waals surface area (Å²) in [6, 6.07) is 1.82. The molecule has 0 aliphatic carbocycles. The summed E-state index contributed by atoms with van der Waals surface area (Å²) in [5, 5.41) is 3.20. The van der Waals surface area contributed by atoms with Gasteiger partial charge < -0.3 is 15.0 Å². The fraction of sp³-hybridized carbons (Fsp3) is 0.615. The summed E-state index contributed by atoms with van der Waals surface area (Å²) in [6.07, 6.45) is 2.28. The topological polar surface area (TPSA) is 41.6 Å². The number of ether oxygens (including phenoxy) is 1. The Morgan fingerprint density at radius 1 is 1.68 bits per heavy atom. The minimum absolute atomic E-state index is 0.120. The molecule has 1 aliphatic rings. The van der Waals surface area contributed by atoms with Crippen LogP contribution in [0.1, 0.15) is 22.5 Å². The summed E-state index contributed by atoms with van der Waals surface area (Å²) in [4.78, 5) is 15.2. The molecule has 1 aromatic heterocycles. The third-order valence-corrected chi connectivity index (χ3v) is 5.15. The number of likely N-dealkylation sites (tertiary alicyclic amines) is 1. The van der Waals surface area contributed by atoms with E-state index in [9.17, 15) is 4.79 Å². The molecule has 0 bridgehead atoms. The van der Waals surface area contributed by atoms with Crippen LogP contribution in [-0.2, 0) is 0 Å². The van der Waals surface area contributed by atoms with Crippen LogP contribution in [0.5, 0.6) is 5.75 Å². The normalized spacial score (nSPS) is 19.5. The number of nitrogens with one attached hydrogen (secondary N) is 1. The first kappa shape index (κ1) is 14.8. The van der Waals surface area contributed by atoms with Crippen molar-refractivity contribution in [2.45, 2.75) is 12.8 Å². The maximum Gasteiger partial charge on any atom is 0.264 e. The number of methoxy groups -OCH3 is 1. The van der Waals surface area contributed by atoms with Gasteiger partial charge in [0.25, 0.3) is 5.91 Å². The van der Waals surface area contributed by atoms with Gasteiger partial charge in [0.15, 0.2) is 0 Å². The molecule has 106 valence electrons. The maximum absolute atomic E-state index is 12.5. The number of halogens is 1. The quantitative estimate of drug-likeness (QED) is 0.910. The lowest BCUT2D eigenvalue weighted by Crippen LogP contribution is -2.42. The van der Waals surface area contributed by atoms with Crippen LogP contribution >= 0.6 is 27.3 Å². The summed E-state index contributed by atoms with van der Waals surface area (Å²) in [7, 11) is 3.58. The minimum Gasteiger partial charge on any atom is -0.495 e. The minimum atomic E-state index is 0.120. The summed E-state index contributed by atoms with van der Waals surface area (Å²) in [5.74, 6) is 1.42.